The van der Waals surface area contributed by atoms with E-state index in [1.165, 1.54) is 0 Å². The van der Waals surface area contributed by atoms with Crippen LogP contribution in [0.3, 0.4) is 0 Å². The summed E-state index contributed by atoms with van der Waals surface area (Å²) < 4.78 is 11.7. The van der Waals surface area contributed by atoms with E-state index in [2.05, 4.69) is 33.0 Å². The van der Waals surface area contributed by atoms with Crippen LogP contribution in [0.5, 0.6) is 5.75 Å². The van der Waals surface area contributed by atoms with Gasteiger partial charge in [-0.25, -0.2) is 0 Å². The summed E-state index contributed by atoms with van der Waals surface area (Å²) in [5, 5.41) is 13.6. The Kier molecular flexibility index (Phi) is 5.14. The van der Waals surface area contributed by atoms with Crippen LogP contribution >= 0.6 is 15.9 Å². The maximum absolute atomic E-state index is 9.72. The SMILES string of the molecule is CCCc1noc(COc2cc(Br)ccc2C(C)O)n1. The van der Waals surface area contributed by atoms with Crippen molar-refractivity contribution >= 4 is 15.9 Å². The van der Waals surface area contributed by atoms with Gasteiger partial charge in [0.25, 0.3) is 5.89 Å². The normalized spacial score (nSPS) is 12.4. The van der Waals surface area contributed by atoms with E-state index in [9.17, 15) is 5.11 Å². The van der Waals surface area contributed by atoms with Crippen LogP contribution in [-0.2, 0) is 13.0 Å². The van der Waals surface area contributed by atoms with Crippen molar-refractivity contribution in [3.8, 4) is 5.75 Å². The predicted molar refractivity (Wildman–Crippen MR) is 77.4 cm³/mol. The monoisotopic (exact) mass is 340 g/mol. The second kappa shape index (κ2) is 6.85. The zero-order chi connectivity index (χ0) is 14.5. The van der Waals surface area contributed by atoms with Crippen molar-refractivity contribution < 1.29 is 14.4 Å². The quantitative estimate of drug-likeness (QED) is 0.872. The van der Waals surface area contributed by atoms with E-state index in [1.807, 2.05) is 18.2 Å². The van der Waals surface area contributed by atoms with Gasteiger partial charge >= 0.3 is 0 Å². The fourth-order valence-electron chi connectivity index (χ4n) is 1.79. The molecule has 0 fully saturated rings. The Balaban J connectivity index is 2.07. The number of aliphatic hydroxyl groups excluding tert-OH is 1. The maximum atomic E-state index is 9.72. The minimum absolute atomic E-state index is 0.187. The molecule has 6 heteroatoms. The Morgan fingerprint density at radius 3 is 2.95 bits per heavy atom. The summed E-state index contributed by atoms with van der Waals surface area (Å²) in [5.41, 5.74) is 0.724. The van der Waals surface area contributed by atoms with Crippen LogP contribution < -0.4 is 4.74 Å². The third-order valence-electron chi connectivity index (χ3n) is 2.76. The maximum Gasteiger partial charge on any atom is 0.264 e. The number of hydrogen-bond acceptors (Lipinski definition) is 5. The highest BCUT2D eigenvalue weighted by molar-refractivity contribution is 9.10. The van der Waals surface area contributed by atoms with Gasteiger partial charge in [-0.05, 0) is 25.5 Å². The van der Waals surface area contributed by atoms with Crippen LogP contribution in [0.2, 0.25) is 0 Å². The van der Waals surface area contributed by atoms with Crippen LogP contribution in [0, 0.1) is 0 Å². The van der Waals surface area contributed by atoms with Crippen molar-refractivity contribution in [3.05, 3.63) is 40.0 Å². The van der Waals surface area contributed by atoms with E-state index >= 15 is 0 Å². The first-order chi connectivity index (χ1) is 9.60. The minimum atomic E-state index is -0.601. The third kappa shape index (κ3) is 3.80. The molecule has 0 aliphatic rings. The van der Waals surface area contributed by atoms with Crippen molar-refractivity contribution in [2.45, 2.75) is 39.4 Å². The molecular weight excluding hydrogens is 324 g/mol. The Morgan fingerprint density at radius 2 is 2.25 bits per heavy atom. The summed E-state index contributed by atoms with van der Waals surface area (Å²) in [6, 6.07) is 5.49. The molecule has 2 rings (SSSR count). The van der Waals surface area contributed by atoms with E-state index in [4.69, 9.17) is 9.26 Å². The lowest BCUT2D eigenvalue weighted by molar-refractivity contribution is 0.185. The van der Waals surface area contributed by atoms with Gasteiger partial charge < -0.3 is 14.4 Å². The molecule has 2 aromatic rings. The van der Waals surface area contributed by atoms with Crippen LogP contribution in [-0.4, -0.2) is 15.2 Å². The number of rotatable bonds is 6. The fraction of sp³-hybridized carbons (Fsp3) is 0.429. The Labute approximate surface area is 126 Å². The van der Waals surface area contributed by atoms with Gasteiger partial charge in [0.2, 0.25) is 0 Å². The van der Waals surface area contributed by atoms with Gasteiger partial charge in [0.05, 0.1) is 6.10 Å². The van der Waals surface area contributed by atoms with Crippen molar-refractivity contribution in [2.75, 3.05) is 0 Å². The largest absolute Gasteiger partial charge is 0.483 e. The number of aryl methyl sites for hydroxylation is 1. The lowest BCUT2D eigenvalue weighted by atomic mass is 10.1. The van der Waals surface area contributed by atoms with Crippen molar-refractivity contribution in [1.82, 2.24) is 10.1 Å². The molecule has 0 aliphatic carbocycles. The van der Waals surface area contributed by atoms with Crippen molar-refractivity contribution in [1.29, 1.82) is 0 Å². The fourth-order valence-corrected chi connectivity index (χ4v) is 2.13. The van der Waals surface area contributed by atoms with Crippen LogP contribution in [0.25, 0.3) is 0 Å². The molecule has 0 saturated carbocycles. The summed E-state index contributed by atoms with van der Waals surface area (Å²) in [6.45, 7) is 3.94. The zero-order valence-corrected chi connectivity index (χ0v) is 13.1. The van der Waals surface area contributed by atoms with Crippen molar-refractivity contribution in [2.24, 2.45) is 0 Å². The molecule has 5 nitrogen and oxygen atoms in total. The molecule has 20 heavy (non-hydrogen) atoms. The summed E-state index contributed by atoms with van der Waals surface area (Å²) in [6.07, 6.45) is 1.16. The first-order valence-corrected chi connectivity index (χ1v) is 7.31. The van der Waals surface area contributed by atoms with Gasteiger partial charge in [-0.1, -0.05) is 34.1 Å². The van der Waals surface area contributed by atoms with E-state index in [1.54, 1.807) is 6.92 Å². The molecule has 1 N–H and O–H groups in total. The van der Waals surface area contributed by atoms with Gasteiger partial charge in [-0.2, -0.15) is 4.98 Å². The van der Waals surface area contributed by atoms with E-state index in [-0.39, 0.29) is 6.61 Å². The van der Waals surface area contributed by atoms with Crippen molar-refractivity contribution in [3.63, 3.8) is 0 Å². The average Bonchev–Trinajstić information content (AvgIpc) is 2.84. The second-order valence-electron chi connectivity index (χ2n) is 4.50. The molecule has 0 aliphatic heterocycles. The Bertz CT molecular complexity index is 569. The smallest absolute Gasteiger partial charge is 0.264 e. The number of nitrogens with zero attached hydrogens (tertiary/aromatic N) is 2. The first-order valence-electron chi connectivity index (χ1n) is 6.52. The first kappa shape index (κ1) is 15.0. The molecule has 0 saturated heterocycles. The molecule has 1 heterocycles. The molecule has 108 valence electrons. The second-order valence-corrected chi connectivity index (χ2v) is 5.42. The molecule has 1 aromatic carbocycles. The third-order valence-corrected chi connectivity index (χ3v) is 3.25. The summed E-state index contributed by atoms with van der Waals surface area (Å²) >= 11 is 3.38. The standard InChI is InChI=1S/C14H17BrN2O3/c1-3-4-13-16-14(20-17-13)8-19-12-7-10(15)5-6-11(12)9(2)18/h5-7,9,18H,3-4,8H2,1-2H3. The molecule has 0 spiro atoms. The number of halogens is 1. The topological polar surface area (TPSA) is 68.4 Å². The van der Waals surface area contributed by atoms with Gasteiger partial charge in [0, 0.05) is 16.5 Å². The lowest BCUT2D eigenvalue weighted by Gasteiger charge is -2.12. The lowest BCUT2D eigenvalue weighted by Crippen LogP contribution is -2.01. The molecule has 0 radical (unpaired) electrons. The minimum Gasteiger partial charge on any atom is -0.483 e. The highest BCUT2D eigenvalue weighted by Crippen LogP contribution is 2.29. The molecule has 1 aromatic heterocycles. The van der Waals surface area contributed by atoms with E-state index in [0.717, 1.165) is 22.9 Å². The van der Waals surface area contributed by atoms with E-state index in [0.29, 0.717) is 17.5 Å². The predicted octanol–water partition coefficient (Wildman–Crippen LogP) is 3.42. The Morgan fingerprint density at radius 1 is 1.45 bits per heavy atom. The molecule has 0 bridgehead atoms. The number of benzene rings is 1. The number of aliphatic hydroxyl groups is 1. The van der Waals surface area contributed by atoms with Gasteiger partial charge in [0.1, 0.15) is 5.75 Å². The highest BCUT2D eigenvalue weighted by Gasteiger charge is 2.12. The summed E-state index contributed by atoms with van der Waals surface area (Å²) in [7, 11) is 0. The van der Waals surface area contributed by atoms with Gasteiger partial charge in [0.15, 0.2) is 12.4 Å². The molecule has 0 amide bonds. The molecular formula is C14H17BrN2O3. The van der Waals surface area contributed by atoms with Crippen LogP contribution in [0.15, 0.2) is 27.2 Å². The zero-order valence-electron chi connectivity index (χ0n) is 11.5. The van der Waals surface area contributed by atoms with Crippen LogP contribution in [0.4, 0.5) is 0 Å². The van der Waals surface area contributed by atoms with Crippen LogP contribution in [0.1, 0.15) is 43.7 Å². The summed E-state index contributed by atoms with van der Waals surface area (Å²) in [4.78, 5) is 4.24. The molecule has 1 unspecified atom stereocenters. The molecule has 1 atom stereocenters. The summed E-state index contributed by atoms with van der Waals surface area (Å²) in [5.74, 6) is 1.73. The van der Waals surface area contributed by atoms with E-state index < -0.39 is 6.10 Å². The van der Waals surface area contributed by atoms with Gasteiger partial charge in [-0.15, -0.1) is 0 Å². The Hall–Kier alpha value is -1.40. The number of ether oxygens (including phenoxy) is 1. The number of hydrogen-bond donors (Lipinski definition) is 1. The number of aromatic nitrogens is 2. The average molecular weight is 341 g/mol. The van der Waals surface area contributed by atoms with Gasteiger partial charge in [-0.3, -0.25) is 0 Å². The highest BCUT2D eigenvalue weighted by atomic mass is 79.9.